The van der Waals surface area contributed by atoms with E-state index in [9.17, 15) is 14.9 Å². The number of amides is 1. The van der Waals surface area contributed by atoms with Crippen molar-refractivity contribution < 1.29 is 9.53 Å². The Morgan fingerprint density at radius 3 is 2.87 bits per heavy atom. The Labute approximate surface area is 186 Å². The maximum atomic E-state index is 13.0. The van der Waals surface area contributed by atoms with Gasteiger partial charge in [-0.3, -0.25) is 14.2 Å². The third kappa shape index (κ3) is 4.90. The van der Waals surface area contributed by atoms with Crippen molar-refractivity contribution in [3.8, 4) is 6.07 Å². The molecule has 0 aliphatic heterocycles. The van der Waals surface area contributed by atoms with Crippen molar-refractivity contribution >= 4 is 50.2 Å². The monoisotopic (exact) mass is 486 g/mol. The molecule has 1 unspecified atom stereocenters. The average molecular weight is 487 g/mol. The smallest absolute Gasteiger partial charge is 0.262 e. The number of anilines is 1. The van der Waals surface area contributed by atoms with Crippen molar-refractivity contribution in [3.05, 3.63) is 62.9 Å². The van der Waals surface area contributed by atoms with Crippen LogP contribution in [0.5, 0.6) is 0 Å². The molecule has 0 saturated heterocycles. The minimum absolute atomic E-state index is 0.191. The minimum atomic E-state index is -0.551. The van der Waals surface area contributed by atoms with Gasteiger partial charge in [-0.15, -0.1) is 0 Å². The summed E-state index contributed by atoms with van der Waals surface area (Å²) in [6.07, 6.45) is 0. The number of hydrogen-bond donors (Lipinski definition) is 1. The van der Waals surface area contributed by atoms with E-state index in [1.54, 1.807) is 50.4 Å². The number of carbonyl (C=O) groups excluding carboxylic acids is 1. The highest BCUT2D eigenvalue weighted by Crippen LogP contribution is 2.25. The molecule has 1 aromatic heterocycles. The predicted octanol–water partition coefficient (Wildman–Crippen LogP) is 3.80. The number of para-hydroxylation sites is 1. The molecule has 1 N–H and O–H groups in total. The van der Waals surface area contributed by atoms with Crippen LogP contribution in [-0.2, 0) is 16.1 Å². The molecule has 0 aliphatic rings. The number of nitriles is 1. The van der Waals surface area contributed by atoms with Crippen LogP contribution in [0.4, 0.5) is 5.69 Å². The number of nitrogens with one attached hydrogen (secondary N) is 1. The van der Waals surface area contributed by atoms with E-state index in [2.05, 4.69) is 32.3 Å². The molecule has 0 radical (unpaired) electrons. The number of hydrogen-bond acceptors (Lipinski definition) is 6. The van der Waals surface area contributed by atoms with E-state index >= 15 is 0 Å². The van der Waals surface area contributed by atoms with Crippen LogP contribution >= 0.6 is 27.7 Å². The van der Waals surface area contributed by atoms with Crippen molar-refractivity contribution in [1.29, 1.82) is 5.26 Å². The van der Waals surface area contributed by atoms with Crippen LogP contribution in [0.15, 0.2) is 56.9 Å². The summed E-state index contributed by atoms with van der Waals surface area (Å²) in [7, 11) is 1.56. The van der Waals surface area contributed by atoms with E-state index in [1.165, 1.54) is 16.3 Å². The summed E-state index contributed by atoms with van der Waals surface area (Å²) in [4.78, 5) is 30.4. The number of thioether (sulfide) groups is 1. The Balaban J connectivity index is 1.91. The van der Waals surface area contributed by atoms with Crippen LogP contribution in [0.25, 0.3) is 10.9 Å². The molecule has 0 aliphatic carbocycles. The molecule has 0 fully saturated rings. The average Bonchev–Trinajstić information content (AvgIpc) is 2.74. The number of methoxy groups -OCH3 is 1. The molecule has 0 spiro atoms. The van der Waals surface area contributed by atoms with Gasteiger partial charge in [0.25, 0.3) is 5.56 Å². The van der Waals surface area contributed by atoms with Gasteiger partial charge in [0.15, 0.2) is 5.16 Å². The fraction of sp³-hybridized carbons (Fsp3) is 0.238. The summed E-state index contributed by atoms with van der Waals surface area (Å²) in [5, 5.41) is 12.4. The van der Waals surface area contributed by atoms with Gasteiger partial charge in [0.05, 0.1) is 40.6 Å². The third-order valence-corrected chi connectivity index (χ3v) is 5.94. The van der Waals surface area contributed by atoms with E-state index in [0.717, 1.165) is 4.47 Å². The van der Waals surface area contributed by atoms with E-state index in [-0.39, 0.29) is 11.5 Å². The maximum Gasteiger partial charge on any atom is 0.262 e. The van der Waals surface area contributed by atoms with E-state index in [4.69, 9.17) is 4.74 Å². The second kappa shape index (κ2) is 9.89. The molecule has 1 atom stereocenters. The fourth-order valence-electron chi connectivity index (χ4n) is 2.78. The molecule has 0 bridgehead atoms. The number of fused-ring (bicyclic) bond motifs is 1. The number of ether oxygens (including phenoxy) is 1. The molecular formula is C21H19BrN4O3S. The van der Waals surface area contributed by atoms with Gasteiger partial charge < -0.3 is 10.1 Å². The number of nitrogens with zero attached hydrogens (tertiary/aromatic N) is 3. The maximum absolute atomic E-state index is 13.0. The SMILES string of the molecule is COCCn1c(SC(C)C(=O)Nc2ccccc2C#N)nc2ccc(Br)cc2c1=O. The van der Waals surface area contributed by atoms with E-state index in [1.807, 2.05) is 6.07 Å². The largest absolute Gasteiger partial charge is 0.383 e. The van der Waals surface area contributed by atoms with Crippen molar-refractivity contribution in [3.63, 3.8) is 0 Å². The molecule has 3 aromatic rings. The number of aromatic nitrogens is 2. The first kappa shape index (κ1) is 22.0. The van der Waals surface area contributed by atoms with Gasteiger partial charge in [0.1, 0.15) is 6.07 Å². The van der Waals surface area contributed by atoms with Crippen LogP contribution in [0, 0.1) is 11.3 Å². The van der Waals surface area contributed by atoms with Gasteiger partial charge >= 0.3 is 0 Å². The van der Waals surface area contributed by atoms with Crippen LogP contribution in [0.1, 0.15) is 12.5 Å². The van der Waals surface area contributed by atoms with Crippen molar-refractivity contribution in [2.75, 3.05) is 19.0 Å². The summed E-state index contributed by atoms with van der Waals surface area (Å²) >= 11 is 4.57. The third-order valence-electron chi connectivity index (χ3n) is 4.36. The number of benzene rings is 2. The molecule has 2 aromatic carbocycles. The van der Waals surface area contributed by atoms with Crippen molar-refractivity contribution in [2.24, 2.45) is 0 Å². The standard InChI is InChI=1S/C21H19BrN4O3S/c1-13(19(27)24-17-6-4-3-5-14(17)12-23)30-21-25-18-8-7-15(22)11-16(18)20(28)26(21)9-10-29-2/h3-8,11,13H,9-10H2,1-2H3,(H,24,27). The normalized spacial score (nSPS) is 11.8. The first-order valence-corrected chi connectivity index (χ1v) is 10.8. The lowest BCUT2D eigenvalue weighted by molar-refractivity contribution is -0.115. The summed E-state index contributed by atoms with van der Waals surface area (Å²) in [5.74, 6) is -0.286. The van der Waals surface area contributed by atoms with Crippen LogP contribution < -0.4 is 10.9 Å². The highest BCUT2D eigenvalue weighted by molar-refractivity contribution is 9.10. The van der Waals surface area contributed by atoms with Gasteiger partial charge in [-0.2, -0.15) is 5.26 Å². The molecule has 9 heteroatoms. The van der Waals surface area contributed by atoms with Crippen LogP contribution in [0.3, 0.4) is 0 Å². The predicted molar refractivity (Wildman–Crippen MR) is 121 cm³/mol. The second-order valence-corrected chi connectivity index (χ2v) is 8.64. The molecule has 0 saturated carbocycles. The zero-order valence-corrected chi connectivity index (χ0v) is 18.8. The molecule has 1 amide bonds. The Bertz CT molecular complexity index is 1190. The lowest BCUT2D eigenvalue weighted by Crippen LogP contribution is -2.28. The Morgan fingerprint density at radius 1 is 1.37 bits per heavy atom. The number of rotatable bonds is 7. The summed E-state index contributed by atoms with van der Waals surface area (Å²) in [6.45, 7) is 2.39. The minimum Gasteiger partial charge on any atom is -0.383 e. The highest BCUT2D eigenvalue weighted by atomic mass is 79.9. The Morgan fingerprint density at radius 2 is 2.13 bits per heavy atom. The molecule has 154 valence electrons. The fourth-order valence-corrected chi connectivity index (χ4v) is 4.07. The van der Waals surface area contributed by atoms with Crippen LogP contribution in [-0.4, -0.2) is 34.4 Å². The first-order valence-electron chi connectivity index (χ1n) is 9.10. The highest BCUT2D eigenvalue weighted by Gasteiger charge is 2.20. The van der Waals surface area contributed by atoms with E-state index < -0.39 is 5.25 Å². The molecule has 30 heavy (non-hydrogen) atoms. The van der Waals surface area contributed by atoms with Crippen molar-refractivity contribution in [2.45, 2.75) is 23.9 Å². The molecule has 7 nitrogen and oxygen atoms in total. The lowest BCUT2D eigenvalue weighted by atomic mass is 10.2. The quantitative estimate of drug-likeness (QED) is 0.402. The zero-order valence-electron chi connectivity index (χ0n) is 16.4. The molecule has 3 rings (SSSR count). The number of carbonyl (C=O) groups is 1. The summed E-state index contributed by atoms with van der Waals surface area (Å²) in [6, 6.07) is 14.2. The second-order valence-electron chi connectivity index (χ2n) is 6.41. The van der Waals surface area contributed by atoms with Gasteiger partial charge in [0, 0.05) is 11.6 Å². The summed E-state index contributed by atoms with van der Waals surface area (Å²) in [5.41, 5.74) is 1.20. The first-order chi connectivity index (χ1) is 14.4. The topological polar surface area (TPSA) is 97.0 Å². The van der Waals surface area contributed by atoms with Crippen LogP contribution in [0.2, 0.25) is 0 Å². The van der Waals surface area contributed by atoms with Gasteiger partial charge in [0.2, 0.25) is 5.91 Å². The van der Waals surface area contributed by atoms with Crippen molar-refractivity contribution in [1.82, 2.24) is 9.55 Å². The molecular weight excluding hydrogens is 468 g/mol. The summed E-state index contributed by atoms with van der Waals surface area (Å²) < 4.78 is 7.44. The molecule has 1 heterocycles. The Kier molecular flexibility index (Phi) is 7.26. The Hall–Kier alpha value is -2.67. The number of halogens is 1. The van der Waals surface area contributed by atoms with Gasteiger partial charge in [-0.1, -0.05) is 39.8 Å². The zero-order chi connectivity index (χ0) is 21.7. The van der Waals surface area contributed by atoms with Gasteiger partial charge in [-0.05, 0) is 37.3 Å². The van der Waals surface area contributed by atoms with E-state index in [0.29, 0.717) is 40.5 Å². The van der Waals surface area contributed by atoms with Gasteiger partial charge in [-0.25, -0.2) is 4.98 Å². The lowest BCUT2D eigenvalue weighted by Gasteiger charge is -2.16.